The van der Waals surface area contributed by atoms with E-state index >= 15 is 0 Å². The summed E-state index contributed by atoms with van der Waals surface area (Å²) in [6.45, 7) is 5.76. The molecular weight excluding hydrogens is 298 g/mol. The van der Waals surface area contributed by atoms with E-state index in [4.69, 9.17) is 0 Å². The lowest BCUT2D eigenvalue weighted by molar-refractivity contribution is -0.117. The van der Waals surface area contributed by atoms with Gasteiger partial charge in [-0.2, -0.15) is 0 Å². The van der Waals surface area contributed by atoms with Crippen molar-refractivity contribution in [3.8, 4) is 0 Å². The standard InChI is InChI=1S/C17H25NO3S/c1-12(2)22(20,21)18-11-13(3)14-4-6-15(7-5-14)16-8-9-17(19)10-16/h4-7,12-13,16,18H,8-11H2,1-3H3. The zero-order valence-electron chi connectivity index (χ0n) is 13.5. The minimum atomic E-state index is -3.22. The Kier molecular flexibility index (Phi) is 5.40. The monoisotopic (exact) mass is 323 g/mol. The average Bonchev–Trinajstić information content (AvgIpc) is 2.91. The van der Waals surface area contributed by atoms with Crippen LogP contribution in [0.5, 0.6) is 0 Å². The Hall–Kier alpha value is -1.20. The molecule has 0 aliphatic heterocycles. The number of rotatable bonds is 6. The highest BCUT2D eigenvalue weighted by Gasteiger charge is 2.23. The van der Waals surface area contributed by atoms with Crippen LogP contribution in [-0.2, 0) is 14.8 Å². The van der Waals surface area contributed by atoms with E-state index < -0.39 is 15.3 Å². The first-order valence-electron chi connectivity index (χ1n) is 7.89. The number of hydrogen-bond acceptors (Lipinski definition) is 3. The summed E-state index contributed by atoms with van der Waals surface area (Å²) in [6.07, 6.45) is 2.30. The van der Waals surface area contributed by atoms with Crippen molar-refractivity contribution in [3.05, 3.63) is 35.4 Å². The summed E-state index contributed by atoms with van der Waals surface area (Å²) in [5, 5.41) is -0.415. The second-order valence-electron chi connectivity index (χ2n) is 6.49. The highest BCUT2D eigenvalue weighted by atomic mass is 32.2. The number of sulfonamides is 1. The van der Waals surface area contributed by atoms with Crippen LogP contribution in [0.15, 0.2) is 24.3 Å². The van der Waals surface area contributed by atoms with Crippen molar-refractivity contribution >= 4 is 15.8 Å². The van der Waals surface area contributed by atoms with Crippen LogP contribution in [0.2, 0.25) is 0 Å². The van der Waals surface area contributed by atoms with Crippen LogP contribution >= 0.6 is 0 Å². The quantitative estimate of drug-likeness (QED) is 0.875. The maximum atomic E-state index is 11.8. The lowest BCUT2D eigenvalue weighted by Crippen LogP contribution is -2.33. The fourth-order valence-electron chi connectivity index (χ4n) is 2.72. The van der Waals surface area contributed by atoms with Crippen LogP contribution in [-0.4, -0.2) is 26.0 Å². The molecule has 0 saturated heterocycles. The average molecular weight is 323 g/mol. The summed E-state index contributed by atoms with van der Waals surface area (Å²) in [6, 6.07) is 8.25. The SMILES string of the molecule is CC(CNS(=O)(=O)C(C)C)c1ccc(C2CCC(=O)C2)cc1. The Morgan fingerprint density at radius 2 is 1.82 bits per heavy atom. The minimum absolute atomic E-state index is 0.118. The highest BCUT2D eigenvalue weighted by molar-refractivity contribution is 7.90. The minimum Gasteiger partial charge on any atom is -0.300 e. The molecule has 0 aromatic heterocycles. The second kappa shape index (κ2) is 6.92. The lowest BCUT2D eigenvalue weighted by atomic mass is 9.94. The number of nitrogens with one attached hydrogen (secondary N) is 1. The molecule has 22 heavy (non-hydrogen) atoms. The Labute approximate surface area is 133 Å². The molecule has 1 fully saturated rings. The summed E-state index contributed by atoms with van der Waals surface area (Å²) in [7, 11) is -3.22. The van der Waals surface area contributed by atoms with Gasteiger partial charge in [0.2, 0.25) is 10.0 Å². The van der Waals surface area contributed by atoms with E-state index in [0.29, 0.717) is 31.1 Å². The molecule has 1 aromatic rings. The van der Waals surface area contributed by atoms with Crippen LogP contribution in [0, 0.1) is 0 Å². The highest BCUT2D eigenvalue weighted by Crippen LogP contribution is 2.32. The van der Waals surface area contributed by atoms with Crippen molar-refractivity contribution in [2.75, 3.05) is 6.54 Å². The number of carbonyl (C=O) groups excluding carboxylic acids is 1. The zero-order valence-corrected chi connectivity index (χ0v) is 14.3. The Morgan fingerprint density at radius 1 is 1.18 bits per heavy atom. The van der Waals surface area contributed by atoms with Gasteiger partial charge in [0.25, 0.3) is 0 Å². The van der Waals surface area contributed by atoms with E-state index in [1.54, 1.807) is 13.8 Å². The Balaban J connectivity index is 1.96. The molecule has 1 saturated carbocycles. The van der Waals surface area contributed by atoms with Crippen molar-refractivity contribution in [1.82, 2.24) is 4.72 Å². The summed E-state index contributed by atoms with van der Waals surface area (Å²) in [5.74, 6) is 0.828. The van der Waals surface area contributed by atoms with Gasteiger partial charge in [-0.05, 0) is 43.2 Å². The number of benzene rings is 1. The molecule has 1 aliphatic rings. The molecule has 0 heterocycles. The largest absolute Gasteiger partial charge is 0.300 e. The summed E-state index contributed by atoms with van der Waals surface area (Å²) in [5.41, 5.74) is 2.32. The summed E-state index contributed by atoms with van der Waals surface area (Å²) >= 11 is 0. The second-order valence-corrected chi connectivity index (χ2v) is 8.81. The van der Waals surface area contributed by atoms with Gasteiger partial charge in [-0.15, -0.1) is 0 Å². The van der Waals surface area contributed by atoms with Gasteiger partial charge in [-0.3, -0.25) is 4.79 Å². The van der Waals surface area contributed by atoms with E-state index in [-0.39, 0.29) is 5.92 Å². The maximum absolute atomic E-state index is 11.8. The molecule has 2 atom stereocenters. The van der Waals surface area contributed by atoms with Gasteiger partial charge in [-0.25, -0.2) is 13.1 Å². The fourth-order valence-corrected chi connectivity index (χ4v) is 3.54. The topological polar surface area (TPSA) is 63.2 Å². The number of ketones is 1. The molecule has 1 aliphatic carbocycles. The van der Waals surface area contributed by atoms with E-state index in [1.807, 2.05) is 19.1 Å². The molecule has 1 aromatic carbocycles. The predicted molar refractivity (Wildman–Crippen MR) is 88.5 cm³/mol. The number of carbonyl (C=O) groups is 1. The smallest absolute Gasteiger partial charge is 0.213 e. The van der Waals surface area contributed by atoms with Crippen LogP contribution in [0.1, 0.15) is 63.0 Å². The van der Waals surface area contributed by atoms with Crippen molar-refractivity contribution < 1.29 is 13.2 Å². The molecular formula is C17H25NO3S. The molecule has 5 heteroatoms. The molecule has 1 N–H and O–H groups in total. The first kappa shape index (κ1) is 17.2. The molecule has 0 radical (unpaired) electrons. The van der Waals surface area contributed by atoms with Gasteiger partial charge >= 0.3 is 0 Å². The van der Waals surface area contributed by atoms with Crippen molar-refractivity contribution in [2.45, 2.75) is 57.1 Å². The third-order valence-electron chi connectivity index (χ3n) is 4.43. The van der Waals surface area contributed by atoms with Crippen LogP contribution in [0.4, 0.5) is 0 Å². The van der Waals surface area contributed by atoms with Crippen molar-refractivity contribution in [1.29, 1.82) is 0 Å². The third kappa shape index (κ3) is 4.17. The first-order chi connectivity index (χ1) is 10.3. The van der Waals surface area contributed by atoms with E-state index in [9.17, 15) is 13.2 Å². The van der Waals surface area contributed by atoms with E-state index in [1.165, 1.54) is 5.56 Å². The van der Waals surface area contributed by atoms with Crippen molar-refractivity contribution in [2.24, 2.45) is 0 Å². The molecule has 2 rings (SSSR count). The molecule has 2 unspecified atom stereocenters. The van der Waals surface area contributed by atoms with Gasteiger partial charge in [0.15, 0.2) is 0 Å². The Morgan fingerprint density at radius 3 is 2.32 bits per heavy atom. The first-order valence-corrected chi connectivity index (χ1v) is 9.44. The van der Waals surface area contributed by atoms with E-state index in [0.717, 1.165) is 12.0 Å². The lowest BCUT2D eigenvalue weighted by Gasteiger charge is -2.16. The van der Waals surface area contributed by atoms with Crippen LogP contribution < -0.4 is 4.72 Å². The van der Waals surface area contributed by atoms with Gasteiger partial charge in [0.1, 0.15) is 5.78 Å². The van der Waals surface area contributed by atoms with Gasteiger partial charge in [0.05, 0.1) is 5.25 Å². The predicted octanol–water partition coefficient (Wildman–Crippen LogP) is 2.95. The van der Waals surface area contributed by atoms with Gasteiger partial charge < -0.3 is 0 Å². The van der Waals surface area contributed by atoms with Gasteiger partial charge in [0, 0.05) is 19.4 Å². The molecule has 0 spiro atoms. The zero-order chi connectivity index (χ0) is 16.3. The number of Topliss-reactive ketones (excluding diaryl/α,β-unsaturated/α-hetero) is 1. The van der Waals surface area contributed by atoms with Crippen LogP contribution in [0.3, 0.4) is 0 Å². The third-order valence-corrected chi connectivity index (χ3v) is 6.24. The fraction of sp³-hybridized carbons (Fsp3) is 0.588. The van der Waals surface area contributed by atoms with E-state index in [2.05, 4.69) is 16.9 Å². The van der Waals surface area contributed by atoms with Crippen LogP contribution in [0.25, 0.3) is 0 Å². The maximum Gasteiger partial charge on any atom is 0.213 e. The number of hydrogen-bond donors (Lipinski definition) is 1. The molecule has 0 amide bonds. The van der Waals surface area contributed by atoms with Gasteiger partial charge in [-0.1, -0.05) is 31.2 Å². The normalized spacial score (nSPS) is 20.5. The van der Waals surface area contributed by atoms with Crippen molar-refractivity contribution in [3.63, 3.8) is 0 Å². The molecule has 122 valence electrons. The Bertz CT molecular complexity index is 620. The molecule has 0 bridgehead atoms. The molecule has 4 nitrogen and oxygen atoms in total. The summed E-state index contributed by atoms with van der Waals surface area (Å²) < 4.78 is 26.2. The summed E-state index contributed by atoms with van der Waals surface area (Å²) in [4.78, 5) is 11.4.